The van der Waals surface area contributed by atoms with E-state index in [0.29, 0.717) is 0 Å². The third kappa shape index (κ3) is 4.05. The van der Waals surface area contributed by atoms with Crippen molar-refractivity contribution < 1.29 is 0 Å². The Labute approximate surface area is 304 Å². The van der Waals surface area contributed by atoms with E-state index in [2.05, 4.69) is 180 Å². The summed E-state index contributed by atoms with van der Waals surface area (Å²) >= 11 is 0. The second-order valence-electron chi connectivity index (χ2n) is 14.1. The second kappa shape index (κ2) is 10.7. The highest BCUT2D eigenvalue weighted by Crippen LogP contribution is 2.45. The highest BCUT2D eigenvalue weighted by molar-refractivity contribution is 6.35. The first-order valence-corrected chi connectivity index (χ1v) is 18.2. The standard InChI is InChI=1S/C50H29N3/c1-2-13-32-27-35(22-21-30(32)11-1)48-50(51-43-25-23-31-12-5-6-16-36(31)49(43)52-48)53-44-26-24-41-39-19-8-7-17-37(39)38-18-9-10-20-40(38)46(41)47(44)42-28-33-14-3-4-15-34(33)29-45(42)53/h1-29H. The molecule has 0 atom stereocenters. The van der Waals surface area contributed by atoms with Gasteiger partial charge in [0.05, 0.1) is 22.1 Å². The topological polar surface area (TPSA) is 30.7 Å². The van der Waals surface area contributed by atoms with Gasteiger partial charge in [-0.15, -0.1) is 0 Å². The monoisotopic (exact) mass is 671 g/mol. The molecule has 2 heterocycles. The molecule has 0 saturated carbocycles. The Hall–Kier alpha value is -7.10. The lowest BCUT2D eigenvalue weighted by atomic mass is 9.91. The molecule has 0 aliphatic rings. The maximum atomic E-state index is 5.60. The Balaban J connectivity index is 1.31. The van der Waals surface area contributed by atoms with Gasteiger partial charge < -0.3 is 0 Å². The predicted octanol–water partition coefficient (Wildman–Crippen LogP) is 13.3. The van der Waals surface area contributed by atoms with E-state index in [4.69, 9.17) is 9.97 Å². The van der Waals surface area contributed by atoms with E-state index in [1.807, 2.05) is 0 Å². The van der Waals surface area contributed by atoms with Crippen LogP contribution in [0.2, 0.25) is 0 Å². The van der Waals surface area contributed by atoms with E-state index in [0.717, 1.165) is 49.9 Å². The largest absolute Gasteiger partial charge is 0.292 e. The van der Waals surface area contributed by atoms with Crippen molar-refractivity contribution >= 4 is 97.5 Å². The number of benzene rings is 10. The van der Waals surface area contributed by atoms with Crippen LogP contribution in [0.4, 0.5) is 0 Å². The molecule has 0 radical (unpaired) electrons. The van der Waals surface area contributed by atoms with Gasteiger partial charge in [-0.05, 0) is 84.2 Å². The zero-order valence-electron chi connectivity index (χ0n) is 28.6. The van der Waals surface area contributed by atoms with Gasteiger partial charge in [-0.1, -0.05) is 146 Å². The molecule has 0 aliphatic carbocycles. The van der Waals surface area contributed by atoms with E-state index in [9.17, 15) is 0 Å². The fourth-order valence-electron chi connectivity index (χ4n) is 8.88. The Kier molecular flexibility index (Phi) is 5.77. The van der Waals surface area contributed by atoms with Gasteiger partial charge in [-0.3, -0.25) is 4.57 Å². The maximum absolute atomic E-state index is 5.60. The molecule has 0 unspecified atom stereocenters. The van der Waals surface area contributed by atoms with Crippen molar-refractivity contribution in [1.29, 1.82) is 0 Å². The molecule has 0 saturated heterocycles. The molecule has 244 valence electrons. The van der Waals surface area contributed by atoms with Crippen molar-refractivity contribution in [3.05, 3.63) is 176 Å². The predicted molar refractivity (Wildman–Crippen MR) is 224 cm³/mol. The Morgan fingerprint density at radius 3 is 1.66 bits per heavy atom. The third-order valence-electron chi connectivity index (χ3n) is 11.3. The lowest BCUT2D eigenvalue weighted by Gasteiger charge is -2.16. The number of hydrogen-bond donors (Lipinski definition) is 0. The van der Waals surface area contributed by atoms with Crippen LogP contribution in [0.3, 0.4) is 0 Å². The molecule has 12 aromatic rings. The summed E-state index contributed by atoms with van der Waals surface area (Å²) in [6.45, 7) is 0. The third-order valence-corrected chi connectivity index (χ3v) is 11.3. The lowest BCUT2D eigenvalue weighted by molar-refractivity contribution is 1.08. The van der Waals surface area contributed by atoms with E-state index < -0.39 is 0 Å². The van der Waals surface area contributed by atoms with Crippen LogP contribution in [0.1, 0.15) is 0 Å². The first-order chi connectivity index (χ1) is 26.3. The van der Waals surface area contributed by atoms with Crippen molar-refractivity contribution in [2.75, 3.05) is 0 Å². The molecule has 53 heavy (non-hydrogen) atoms. The van der Waals surface area contributed by atoms with Gasteiger partial charge in [0, 0.05) is 27.1 Å². The molecular weight excluding hydrogens is 643 g/mol. The van der Waals surface area contributed by atoms with Crippen molar-refractivity contribution in [1.82, 2.24) is 14.5 Å². The summed E-state index contributed by atoms with van der Waals surface area (Å²) < 4.78 is 2.38. The summed E-state index contributed by atoms with van der Waals surface area (Å²) in [7, 11) is 0. The van der Waals surface area contributed by atoms with Gasteiger partial charge >= 0.3 is 0 Å². The second-order valence-corrected chi connectivity index (χ2v) is 14.1. The van der Waals surface area contributed by atoms with E-state index in [1.54, 1.807) is 0 Å². The van der Waals surface area contributed by atoms with E-state index in [-0.39, 0.29) is 0 Å². The molecule has 0 aliphatic heterocycles. The number of aromatic nitrogens is 3. The van der Waals surface area contributed by atoms with Gasteiger partial charge in [0.25, 0.3) is 0 Å². The van der Waals surface area contributed by atoms with Crippen LogP contribution in [0.15, 0.2) is 176 Å². The lowest BCUT2D eigenvalue weighted by Crippen LogP contribution is -2.04. The molecular formula is C50H29N3. The van der Waals surface area contributed by atoms with E-state index >= 15 is 0 Å². The average molecular weight is 672 g/mol. The summed E-state index contributed by atoms with van der Waals surface area (Å²) in [5, 5.41) is 17.0. The smallest absolute Gasteiger partial charge is 0.165 e. The van der Waals surface area contributed by atoms with Crippen LogP contribution in [0.5, 0.6) is 0 Å². The number of rotatable bonds is 2. The Morgan fingerprint density at radius 1 is 0.340 bits per heavy atom. The summed E-state index contributed by atoms with van der Waals surface area (Å²) in [6.07, 6.45) is 0. The van der Waals surface area contributed by atoms with Crippen LogP contribution >= 0.6 is 0 Å². The quantitative estimate of drug-likeness (QED) is 0.171. The average Bonchev–Trinajstić information content (AvgIpc) is 3.55. The highest BCUT2D eigenvalue weighted by atomic mass is 15.1. The normalized spacial score (nSPS) is 12.2. The molecule has 3 heteroatoms. The number of nitrogens with zero attached hydrogens (tertiary/aromatic N) is 3. The van der Waals surface area contributed by atoms with Crippen LogP contribution in [-0.2, 0) is 0 Å². The van der Waals surface area contributed by atoms with Gasteiger partial charge in [-0.2, -0.15) is 0 Å². The summed E-state index contributed by atoms with van der Waals surface area (Å²) in [5.41, 5.74) is 5.89. The van der Waals surface area contributed by atoms with Crippen LogP contribution < -0.4 is 0 Å². The fourth-order valence-corrected chi connectivity index (χ4v) is 8.88. The van der Waals surface area contributed by atoms with Gasteiger partial charge in [0.15, 0.2) is 5.82 Å². The van der Waals surface area contributed by atoms with Crippen LogP contribution in [0, 0.1) is 0 Å². The van der Waals surface area contributed by atoms with Crippen LogP contribution in [-0.4, -0.2) is 14.5 Å². The van der Waals surface area contributed by atoms with Crippen LogP contribution in [0.25, 0.3) is 115 Å². The zero-order valence-corrected chi connectivity index (χ0v) is 28.6. The summed E-state index contributed by atoms with van der Waals surface area (Å²) in [4.78, 5) is 11.2. The van der Waals surface area contributed by atoms with Crippen molar-refractivity contribution in [3.8, 4) is 17.1 Å². The molecule has 3 nitrogen and oxygen atoms in total. The Bertz CT molecular complexity index is 3480. The van der Waals surface area contributed by atoms with Gasteiger partial charge in [0.2, 0.25) is 0 Å². The molecule has 2 aromatic heterocycles. The number of hydrogen-bond acceptors (Lipinski definition) is 2. The van der Waals surface area contributed by atoms with Crippen molar-refractivity contribution in [3.63, 3.8) is 0 Å². The SMILES string of the molecule is c1ccc2cc(-c3nc4c(ccc5ccccc54)nc3-n3c4cc5ccccc5cc4c4c5c6ccccc6c6ccccc6c5ccc43)ccc2c1. The zero-order chi connectivity index (χ0) is 34.6. The maximum Gasteiger partial charge on any atom is 0.165 e. The molecule has 0 fully saturated rings. The van der Waals surface area contributed by atoms with Gasteiger partial charge in [-0.25, -0.2) is 9.97 Å². The van der Waals surface area contributed by atoms with Gasteiger partial charge in [0.1, 0.15) is 5.69 Å². The fraction of sp³-hybridized carbons (Fsp3) is 0. The minimum absolute atomic E-state index is 0.822. The minimum atomic E-state index is 0.822. The van der Waals surface area contributed by atoms with Crippen molar-refractivity contribution in [2.45, 2.75) is 0 Å². The summed E-state index contributed by atoms with van der Waals surface area (Å²) in [5.74, 6) is 0.822. The molecule has 12 rings (SSSR count). The molecule has 10 aromatic carbocycles. The number of fused-ring (bicyclic) bond motifs is 15. The Morgan fingerprint density at radius 2 is 0.906 bits per heavy atom. The summed E-state index contributed by atoms with van der Waals surface area (Å²) in [6, 6.07) is 63.7. The molecule has 0 N–H and O–H groups in total. The minimum Gasteiger partial charge on any atom is -0.292 e. The van der Waals surface area contributed by atoms with E-state index in [1.165, 1.54) is 64.6 Å². The van der Waals surface area contributed by atoms with Crippen molar-refractivity contribution in [2.24, 2.45) is 0 Å². The highest BCUT2D eigenvalue weighted by Gasteiger charge is 2.23. The first kappa shape index (κ1) is 28.6. The molecule has 0 spiro atoms. The first-order valence-electron chi connectivity index (χ1n) is 18.2. The molecule has 0 bridgehead atoms. The molecule has 0 amide bonds.